The zero-order valence-corrected chi connectivity index (χ0v) is 17.6. The predicted molar refractivity (Wildman–Crippen MR) is 111 cm³/mol. The maximum atomic E-state index is 13.4. The first-order valence-electron chi connectivity index (χ1n) is 10.8. The molecule has 30 heavy (non-hydrogen) atoms. The summed E-state index contributed by atoms with van der Waals surface area (Å²) in [6, 6.07) is 7.76. The highest BCUT2D eigenvalue weighted by molar-refractivity contribution is 5.93. The molecule has 3 fully saturated rings. The van der Waals surface area contributed by atoms with Crippen molar-refractivity contribution in [3.05, 3.63) is 42.0 Å². The second-order valence-corrected chi connectivity index (χ2v) is 8.71. The van der Waals surface area contributed by atoms with Crippen LogP contribution in [0.3, 0.4) is 0 Å². The number of methoxy groups -OCH3 is 1. The van der Waals surface area contributed by atoms with Gasteiger partial charge in [0.1, 0.15) is 11.4 Å². The molecule has 5 rings (SSSR count). The number of likely N-dealkylation sites (N-methyl/N-ethyl adjacent to an activating group) is 1. The first kappa shape index (κ1) is 19.6. The second kappa shape index (κ2) is 7.39. The zero-order valence-electron chi connectivity index (χ0n) is 17.6. The number of fused-ring (bicyclic) bond motifs is 1. The van der Waals surface area contributed by atoms with Crippen LogP contribution in [0.4, 0.5) is 0 Å². The minimum Gasteiger partial charge on any atom is -0.497 e. The number of piperazine rings is 1. The molecular formula is C23H29N3O4. The molecule has 1 spiro atoms. The zero-order chi connectivity index (χ0) is 20.9. The number of likely N-dealkylation sites (tertiary alicyclic amines) is 1. The van der Waals surface area contributed by atoms with Crippen molar-refractivity contribution in [3.8, 4) is 5.75 Å². The number of hydrogen-bond acceptors (Lipinski definition) is 5. The summed E-state index contributed by atoms with van der Waals surface area (Å²) in [5.74, 6) is 0.0356. The van der Waals surface area contributed by atoms with Crippen molar-refractivity contribution in [3.63, 3.8) is 0 Å². The lowest BCUT2D eigenvalue weighted by atomic mass is 9.76. The summed E-state index contributed by atoms with van der Waals surface area (Å²) >= 11 is 0. The highest BCUT2D eigenvalue weighted by Gasteiger charge is 2.67. The van der Waals surface area contributed by atoms with Crippen molar-refractivity contribution in [1.29, 1.82) is 0 Å². The number of carbonyl (C=O) groups excluding carboxylic acids is 2. The van der Waals surface area contributed by atoms with Crippen molar-refractivity contribution in [2.75, 3.05) is 46.4 Å². The summed E-state index contributed by atoms with van der Waals surface area (Å²) in [7, 11) is 1.64. The molecule has 4 heterocycles. The van der Waals surface area contributed by atoms with E-state index in [4.69, 9.17) is 9.47 Å². The van der Waals surface area contributed by atoms with Gasteiger partial charge in [0.2, 0.25) is 11.8 Å². The van der Waals surface area contributed by atoms with Crippen LogP contribution in [0.5, 0.6) is 5.75 Å². The minimum absolute atomic E-state index is 0.0233. The summed E-state index contributed by atoms with van der Waals surface area (Å²) in [5.41, 5.74) is 0.350. The van der Waals surface area contributed by atoms with Crippen LogP contribution in [0.15, 0.2) is 36.4 Å². The number of benzene rings is 1. The Balaban J connectivity index is 1.34. The molecule has 160 valence electrons. The highest BCUT2D eigenvalue weighted by Crippen LogP contribution is 2.52. The number of carbonyl (C=O) groups is 2. The molecule has 4 aliphatic rings. The molecule has 0 N–H and O–H groups in total. The third kappa shape index (κ3) is 3.03. The van der Waals surface area contributed by atoms with E-state index in [1.54, 1.807) is 7.11 Å². The highest BCUT2D eigenvalue weighted by atomic mass is 16.5. The largest absolute Gasteiger partial charge is 0.497 e. The average Bonchev–Trinajstić information content (AvgIpc) is 3.42. The fraction of sp³-hybridized carbons (Fsp3) is 0.565. The van der Waals surface area contributed by atoms with E-state index in [1.807, 2.05) is 46.2 Å². The average molecular weight is 412 g/mol. The van der Waals surface area contributed by atoms with E-state index in [2.05, 4.69) is 11.8 Å². The second-order valence-electron chi connectivity index (χ2n) is 8.71. The van der Waals surface area contributed by atoms with Gasteiger partial charge in [0, 0.05) is 32.7 Å². The van der Waals surface area contributed by atoms with Crippen LogP contribution in [0.1, 0.15) is 12.5 Å². The molecule has 0 radical (unpaired) electrons. The molecule has 0 saturated carbocycles. The third-order valence-corrected chi connectivity index (χ3v) is 7.10. The Labute approximate surface area is 177 Å². The van der Waals surface area contributed by atoms with Gasteiger partial charge in [-0.1, -0.05) is 31.2 Å². The van der Waals surface area contributed by atoms with E-state index < -0.39 is 17.4 Å². The number of amides is 2. The quantitative estimate of drug-likeness (QED) is 0.680. The molecule has 2 bridgehead atoms. The Morgan fingerprint density at radius 1 is 1.27 bits per heavy atom. The monoisotopic (exact) mass is 411 g/mol. The minimum atomic E-state index is -0.661. The van der Waals surface area contributed by atoms with Crippen molar-refractivity contribution >= 4 is 11.8 Å². The van der Waals surface area contributed by atoms with Gasteiger partial charge >= 0.3 is 0 Å². The van der Waals surface area contributed by atoms with Crippen LogP contribution in [-0.4, -0.2) is 84.6 Å². The van der Waals surface area contributed by atoms with E-state index in [9.17, 15) is 9.59 Å². The van der Waals surface area contributed by atoms with E-state index in [0.29, 0.717) is 13.1 Å². The van der Waals surface area contributed by atoms with Crippen LogP contribution in [0, 0.1) is 11.8 Å². The Hall–Kier alpha value is -2.38. The summed E-state index contributed by atoms with van der Waals surface area (Å²) in [6.45, 7) is 7.36. The standard InChI is InChI=1S/C23H29N3O4/c1-3-24-9-11-25(12-10-24)21(27)19-18-7-8-23(30-18)15-26(22(28)20(19)23)14-16-5-4-6-17(13-16)29-2/h4-8,13,18-20H,3,9-12,14-15H2,1-2H3/t18-,19?,20?,23-/m1/s1. The Kier molecular flexibility index (Phi) is 4.82. The van der Waals surface area contributed by atoms with Crippen LogP contribution < -0.4 is 4.74 Å². The van der Waals surface area contributed by atoms with Gasteiger partial charge in [0.25, 0.3) is 0 Å². The van der Waals surface area contributed by atoms with Crippen LogP contribution in [0.2, 0.25) is 0 Å². The van der Waals surface area contributed by atoms with Crippen LogP contribution in [-0.2, 0) is 20.9 Å². The van der Waals surface area contributed by atoms with Gasteiger partial charge in [-0.25, -0.2) is 0 Å². The molecule has 7 nitrogen and oxygen atoms in total. The van der Waals surface area contributed by atoms with Gasteiger partial charge in [-0.15, -0.1) is 0 Å². The summed E-state index contributed by atoms with van der Waals surface area (Å²) in [5, 5.41) is 0. The molecule has 2 unspecified atom stereocenters. The van der Waals surface area contributed by atoms with Crippen molar-refractivity contribution < 1.29 is 19.1 Å². The van der Waals surface area contributed by atoms with Gasteiger partial charge in [-0.2, -0.15) is 0 Å². The fourth-order valence-corrected chi connectivity index (χ4v) is 5.48. The lowest BCUT2D eigenvalue weighted by Crippen LogP contribution is -2.53. The van der Waals surface area contributed by atoms with Crippen LogP contribution >= 0.6 is 0 Å². The maximum absolute atomic E-state index is 13.4. The topological polar surface area (TPSA) is 62.3 Å². The molecule has 2 amide bonds. The van der Waals surface area contributed by atoms with Gasteiger partial charge in [-0.05, 0) is 24.2 Å². The summed E-state index contributed by atoms with van der Waals surface area (Å²) in [6.07, 6.45) is 3.73. The molecule has 3 saturated heterocycles. The molecule has 0 aliphatic carbocycles. The lowest BCUT2D eigenvalue weighted by Gasteiger charge is -2.37. The van der Waals surface area contributed by atoms with Gasteiger partial charge < -0.3 is 24.2 Å². The first-order valence-corrected chi connectivity index (χ1v) is 10.8. The van der Waals surface area contributed by atoms with E-state index in [1.165, 1.54) is 0 Å². The Morgan fingerprint density at radius 2 is 2.07 bits per heavy atom. The Bertz CT molecular complexity index is 879. The molecule has 4 aliphatic heterocycles. The summed E-state index contributed by atoms with van der Waals surface area (Å²) in [4.78, 5) is 33.0. The number of nitrogens with zero attached hydrogens (tertiary/aromatic N) is 3. The van der Waals surface area contributed by atoms with Gasteiger partial charge in [0.15, 0.2) is 0 Å². The number of ether oxygens (including phenoxy) is 2. The predicted octanol–water partition coefficient (Wildman–Crippen LogP) is 1.14. The smallest absolute Gasteiger partial charge is 0.230 e. The molecule has 7 heteroatoms. The van der Waals surface area contributed by atoms with Crippen molar-refractivity contribution in [2.24, 2.45) is 11.8 Å². The molecule has 0 aromatic heterocycles. The number of rotatable bonds is 5. The summed E-state index contributed by atoms with van der Waals surface area (Å²) < 4.78 is 11.6. The van der Waals surface area contributed by atoms with Crippen molar-refractivity contribution in [1.82, 2.24) is 14.7 Å². The molecule has 1 aromatic carbocycles. The van der Waals surface area contributed by atoms with Gasteiger partial charge in [-0.3, -0.25) is 9.59 Å². The van der Waals surface area contributed by atoms with E-state index in [0.717, 1.165) is 44.0 Å². The Morgan fingerprint density at radius 3 is 2.80 bits per heavy atom. The maximum Gasteiger partial charge on any atom is 0.230 e. The first-order chi connectivity index (χ1) is 14.5. The third-order valence-electron chi connectivity index (χ3n) is 7.10. The number of hydrogen-bond donors (Lipinski definition) is 0. The molecule has 1 aromatic rings. The normalized spacial score (nSPS) is 32.7. The van der Waals surface area contributed by atoms with Crippen molar-refractivity contribution in [2.45, 2.75) is 25.2 Å². The van der Waals surface area contributed by atoms with E-state index in [-0.39, 0.29) is 17.9 Å². The van der Waals surface area contributed by atoms with E-state index >= 15 is 0 Å². The fourth-order valence-electron chi connectivity index (χ4n) is 5.48. The molecular weight excluding hydrogens is 382 g/mol. The van der Waals surface area contributed by atoms with Gasteiger partial charge in [0.05, 0.1) is 31.6 Å². The SMILES string of the molecule is CCN1CCN(C(=O)C2C3C(=O)N(Cc4cccc(OC)c4)C[C@]34C=C[C@H]2O4)CC1. The van der Waals surface area contributed by atoms with Crippen LogP contribution in [0.25, 0.3) is 0 Å². The lowest BCUT2D eigenvalue weighted by molar-refractivity contribution is -0.144. The molecule has 4 atom stereocenters.